The lowest BCUT2D eigenvalue weighted by molar-refractivity contribution is -0.112. The molecule has 47 heavy (non-hydrogen) atoms. The molecule has 0 spiro atoms. The van der Waals surface area contributed by atoms with Gasteiger partial charge in [-0.1, -0.05) is 45.0 Å². The highest BCUT2D eigenvalue weighted by Crippen LogP contribution is 2.36. The third-order valence-electron chi connectivity index (χ3n) is 9.15. The zero-order valence-corrected chi connectivity index (χ0v) is 28.3. The smallest absolute Gasteiger partial charge is 0.296 e. The Kier molecular flexibility index (Phi) is 11.2. The zero-order valence-electron chi connectivity index (χ0n) is 28.3. The molecule has 2 saturated heterocycles. The van der Waals surface area contributed by atoms with E-state index in [-0.39, 0.29) is 28.3 Å². The maximum absolute atomic E-state index is 13.7. The van der Waals surface area contributed by atoms with Crippen LogP contribution in [0.4, 0.5) is 5.69 Å². The van der Waals surface area contributed by atoms with Gasteiger partial charge in [0, 0.05) is 37.1 Å². The number of ether oxygens (including phenoxy) is 3. The van der Waals surface area contributed by atoms with Crippen LogP contribution < -0.4 is 20.1 Å². The Labute approximate surface area is 277 Å². The Hall–Kier alpha value is -3.99. The van der Waals surface area contributed by atoms with Gasteiger partial charge < -0.3 is 29.7 Å². The molecule has 5 rings (SSSR count). The van der Waals surface area contributed by atoms with Crippen LogP contribution in [0.2, 0.25) is 0 Å². The van der Waals surface area contributed by atoms with Crippen molar-refractivity contribution in [1.82, 2.24) is 15.1 Å². The normalized spacial score (nSPS) is 16.5. The van der Waals surface area contributed by atoms with Gasteiger partial charge in [-0.15, -0.1) is 0 Å². The number of nitrogens with one attached hydrogen (secondary N) is 2. The minimum Gasteiger partial charge on any atom is -0.494 e. The summed E-state index contributed by atoms with van der Waals surface area (Å²) in [6.07, 6.45) is 2.05. The van der Waals surface area contributed by atoms with Crippen molar-refractivity contribution >= 4 is 34.1 Å². The fourth-order valence-electron chi connectivity index (χ4n) is 6.15. The number of hydrogen-bond donors (Lipinski definition) is 2. The van der Waals surface area contributed by atoms with E-state index < -0.39 is 11.7 Å². The molecule has 2 aliphatic rings. The van der Waals surface area contributed by atoms with Gasteiger partial charge in [-0.05, 0) is 79.5 Å². The fraction of sp³-hybridized carbons (Fsp3) is 0.486. The van der Waals surface area contributed by atoms with Gasteiger partial charge in [-0.25, -0.2) is 0 Å². The van der Waals surface area contributed by atoms with Gasteiger partial charge in [-0.2, -0.15) is 0 Å². The van der Waals surface area contributed by atoms with Crippen molar-refractivity contribution < 1.29 is 28.6 Å². The van der Waals surface area contributed by atoms with E-state index in [1.807, 2.05) is 51.1 Å². The maximum Gasteiger partial charge on any atom is 0.296 e. The molecule has 2 aliphatic heterocycles. The lowest BCUT2D eigenvalue weighted by Crippen LogP contribution is -2.38. The van der Waals surface area contributed by atoms with Crippen molar-refractivity contribution in [1.29, 1.82) is 0 Å². The van der Waals surface area contributed by atoms with Crippen molar-refractivity contribution in [2.45, 2.75) is 39.0 Å². The van der Waals surface area contributed by atoms with E-state index in [0.29, 0.717) is 35.8 Å². The predicted octanol–water partition coefficient (Wildman–Crippen LogP) is 4.75. The number of ketones is 1. The molecule has 0 atom stereocenters. The minimum atomic E-state index is -0.821. The summed E-state index contributed by atoms with van der Waals surface area (Å²) in [6.45, 7) is 13.1. The van der Waals surface area contributed by atoms with Crippen LogP contribution in [0.5, 0.6) is 11.5 Å². The average Bonchev–Trinajstić information content (AvgIpc) is 3.07. The third kappa shape index (κ3) is 8.49. The molecule has 252 valence electrons. The number of morpholine rings is 1. The van der Waals surface area contributed by atoms with Crippen molar-refractivity contribution in [3.8, 4) is 11.5 Å². The number of amides is 2. The largest absolute Gasteiger partial charge is 0.494 e. The molecule has 3 aromatic carbocycles. The van der Waals surface area contributed by atoms with Gasteiger partial charge in [0.05, 0.1) is 31.6 Å². The molecule has 0 unspecified atom stereocenters. The molecule has 10 nitrogen and oxygen atoms in total. The quantitative estimate of drug-likeness (QED) is 0.228. The predicted molar refractivity (Wildman–Crippen MR) is 184 cm³/mol. The molecule has 0 radical (unpaired) electrons. The molecule has 0 aromatic heterocycles. The van der Waals surface area contributed by atoms with E-state index in [4.69, 9.17) is 14.2 Å². The first-order valence-electron chi connectivity index (χ1n) is 16.5. The summed E-state index contributed by atoms with van der Waals surface area (Å²) in [7, 11) is 3.57. The van der Waals surface area contributed by atoms with E-state index in [1.54, 1.807) is 18.2 Å². The first-order valence-corrected chi connectivity index (χ1v) is 16.5. The molecule has 2 heterocycles. The summed E-state index contributed by atoms with van der Waals surface area (Å²) in [5.41, 5.74) is 1.34. The summed E-state index contributed by atoms with van der Waals surface area (Å²) in [5, 5.41) is 7.25. The molecule has 2 N–H and O–H groups in total. The second kappa shape index (κ2) is 15.3. The molecule has 2 amide bonds. The Morgan fingerprint density at radius 3 is 2.32 bits per heavy atom. The summed E-state index contributed by atoms with van der Waals surface area (Å²) in [6, 6.07) is 14.4. The third-order valence-corrected chi connectivity index (χ3v) is 9.15. The van der Waals surface area contributed by atoms with E-state index in [0.717, 1.165) is 69.7 Å². The SMILES string of the molecule is COc1c(NC(=O)C(=O)c2ccc(OCCN3CCOCC3)c3ccccc23)cc(C(C)(C)C)cc1C(=O)NCC1CCN(C)CC1. The van der Waals surface area contributed by atoms with Crippen molar-refractivity contribution in [3.05, 3.63) is 65.2 Å². The molecular formula is C37H48N4O6. The summed E-state index contributed by atoms with van der Waals surface area (Å²) in [4.78, 5) is 45.4. The Balaban J connectivity index is 1.35. The lowest BCUT2D eigenvalue weighted by atomic mass is 9.85. The van der Waals surface area contributed by atoms with E-state index in [9.17, 15) is 14.4 Å². The zero-order chi connectivity index (χ0) is 33.6. The summed E-state index contributed by atoms with van der Waals surface area (Å²) in [5.74, 6) is -0.519. The van der Waals surface area contributed by atoms with Crippen molar-refractivity contribution in [3.63, 3.8) is 0 Å². The Morgan fingerprint density at radius 2 is 1.64 bits per heavy atom. The van der Waals surface area contributed by atoms with Crippen LogP contribution >= 0.6 is 0 Å². The average molecular weight is 645 g/mol. The van der Waals surface area contributed by atoms with Crippen LogP contribution in [-0.4, -0.2) is 101 Å². The highest BCUT2D eigenvalue weighted by Gasteiger charge is 2.27. The number of carbonyl (C=O) groups excluding carboxylic acids is 3. The van der Waals surface area contributed by atoms with Gasteiger partial charge >= 0.3 is 0 Å². The number of methoxy groups -OCH3 is 1. The first-order chi connectivity index (χ1) is 22.5. The standard InChI is InChI=1S/C37H48N4O6/c1-37(2,3)26-22-30(35(43)38-24-25-12-14-40(4)15-13-25)34(45-5)31(23-26)39-36(44)33(42)29-10-11-32(28-9-7-6-8-27(28)29)47-21-18-41-16-19-46-20-17-41/h6-11,22-23,25H,12-21,24H2,1-5H3,(H,38,43)(H,39,44). The van der Waals surface area contributed by atoms with Crippen LogP contribution in [0.25, 0.3) is 10.8 Å². The number of rotatable bonds is 11. The highest BCUT2D eigenvalue weighted by molar-refractivity contribution is 6.48. The van der Waals surface area contributed by atoms with Crippen LogP contribution in [-0.2, 0) is 14.9 Å². The number of fused-ring (bicyclic) bond motifs is 1. The molecule has 0 bridgehead atoms. The lowest BCUT2D eigenvalue weighted by Gasteiger charge is -2.29. The molecule has 0 aliphatic carbocycles. The number of carbonyl (C=O) groups is 3. The van der Waals surface area contributed by atoms with Gasteiger partial charge in [0.15, 0.2) is 5.75 Å². The second-order valence-electron chi connectivity index (χ2n) is 13.6. The topological polar surface area (TPSA) is 109 Å². The number of piperidine rings is 1. The number of hydrogen-bond acceptors (Lipinski definition) is 8. The van der Waals surface area contributed by atoms with Crippen LogP contribution in [0, 0.1) is 5.92 Å². The highest BCUT2D eigenvalue weighted by atomic mass is 16.5. The minimum absolute atomic E-state index is 0.217. The van der Waals surface area contributed by atoms with Crippen LogP contribution in [0.3, 0.4) is 0 Å². The molecule has 0 saturated carbocycles. The second-order valence-corrected chi connectivity index (χ2v) is 13.6. The van der Waals surface area contributed by atoms with Gasteiger partial charge in [-0.3, -0.25) is 19.3 Å². The fourth-order valence-corrected chi connectivity index (χ4v) is 6.15. The summed E-state index contributed by atoms with van der Waals surface area (Å²) >= 11 is 0. The maximum atomic E-state index is 13.7. The number of benzene rings is 3. The number of Topliss-reactive ketones (excluding diaryl/α,β-unsaturated/α-hetero) is 1. The molecule has 3 aromatic rings. The van der Waals surface area contributed by atoms with Crippen molar-refractivity contribution in [2.24, 2.45) is 5.92 Å². The number of nitrogens with zero attached hydrogens (tertiary/aromatic N) is 2. The summed E-state index contributed by atoms with van der Waals surface area (Å²) < 4.78 is 17.3. The van der Waals surface area contributed by atoms with Crippen LogP contribution in [0.1, 0.15) is 59.9 Å². The number of anilines is 1. The Morgan fingerprint density at radius 1 is 0.936 bits per heavy atom. The molecule has 10 heteroatoms. The molecular weight excluding hydrogens is 596 g/mol. The van der Waals surface area contributed by atoms with Gasteiger partial charge in [0.25, 0.3) is 17.6 Å². The Bertz CT molecular complexity index is 1590. The van der Waals surface area contributed by atoms with Crippen LogP contribution in [0.15, 0.2) is 48.5 Å². The molecule has 2 fully saturated rings. The van der Waals surface area contributed by atoms with Crippen molar-refractivity contribution in [2.75, 3.05) is 78.6 Å². The first kappa shape index (κ1) is 34.3. The van der Waals surface area contributed by atoms with E-state index >= 15 is 0 Å². The van der Waals surface area contributed by atoms with E-state index in [1.165, 1.54) is 7.11 Å². The van der Waals surface area contributed by atoms with Gasteiger partial charge in [0.2, 0.25) is 0 Å². The van der Waals surface area contributed by atoms with Gasteiger partial charge in [0.1, 0.15) is 12.4 Å². The monoisotopic (exact) mass is 644 g/mol. The van der Waals surface area contributed by atoms with E-state index in [2.05, 4.69) is 27.5 Å². The number of likely N-dealkylation sites (tertiary alicyclic amines) is 1.